The molecule has 0 aromatic heterocycles. The average Bonchev–Trinajstić information content (AvgIpc) is 2.30. The first-order valence-electron chi connectivity index (χ1n) is 5.23. The second kappa shape index (κ2) is 10.8. The summed E-state index contributed by atoms with van der Waals surface area (Å²) < 4.78 is 0. The van der Waals surface area contributed by atoms with Crippen LogP contribution in [0.1, 0.15) is 40.7 Å². The molecule has 0 atom stereocenters. The fourth-order valence-electron chi connectivity index (χ4n) is 1.17. The van der Waals surface area contributed by atoms with E-state index in [4.69, 9.17) is 0 Å². The van der Waals surface area contributed by atoms with Gasteiger partial charge in [-0.15, -0.1) is 0 Å². The Balaban J connectivity index is 0. The molecule has 0 fully saturated rings. The zero-order valence-corrected chi connectivity index (χ0v) is 9.62. The summed E-state index contributed by atoms with van der Waals surface area (Å²) in [6, 6.07) is 10.4. The van der Waals surface area contributed by atoms with Crippen LogP contribution in [0.15, 0.2) is 48.6 Å². The first-order chi connectivity index (χ1) is 6.88. The first kappa shape index (κ1) is 16.1. The summed E-state index contributed by atoms with van der Waals surface area (Å²) >= 11 is 0. The van der Waals surface area contributed by atoms with Crippen molar-refractivity contribution in [2.45, 2.75) is 35.1 Å². The largest absolute Gasteiger partial charge is 0.0871 e. The van der Waals surface area contributed by atoms with Crippen molar-refractivity contribution in [2.75, 3.05) is 0 Å². The summed E-state index contributed by atoms with van der Waals surface area (Å²) in [5.41, 5.74) is 2.55. The second-order valence-electron chi connectivity index (χ2n) is 2.61. The van der Waals surface area contributed by atoms with Crippen molar-refractivity contribution >= 4 is 5.57 Å². The van der Waals surface area contributed by atoms with Gasteiger partial charge < -0.3 is 0 Å². The van der Waals surface area contributed by atoms with Gasteiger partial charge in [-0.2, -0.15) is 0 Å². The van der Waals surface area contributed by atoms with E-state index in [1.54, 1.807) is 0 Å². The number of rotatable bonds is 2. The second-order valence-corrected chi connectivity index (χ2v) is 2.61. The lowest BCUT2D eigenvalue weighted by molar-refractivity contribution is 1.50. The van der Waals surface area contributed by atoms with Crippen LogP contribution in [0.4, 0.5) is 0 Å². The Morgan fingerprint density at radius 1 is 1.00 bits per heavy atom. The van der Waals surface area contributed by atoms with E-state index in [0.717, 1.165) is 0 Å². The summed E-state index contributed by atoms with van der Waals surface area (Å²) in [6.07, 6.45) is 6.30. The van der Waals surface area contributed by atoms with Crippen molar-refractivity contribution < 1.29 is 0 Å². The molecule has 0 radical (unpaired) electrons. The predicted octanol–water partition coefficient (Wildman–Crippen LogP) is 5.33. The van der Waals surface area contributed by atoms with E-state index >= 15 is 0 Å². The molecule has 0 heterocycles. The van der Waals surface area contributed by atoms with Gasteiger partial charge in [0.05, 0.1) is 0 Å². The van der Waals surface area contributed by atoms with Crippen LogP contribution in [0, 0.1) is 0 Å². The standard InChI is InChI=1S/C12H14.C2H6.CH4/c1-3-8-11(4-2)12-9-6-5-7-10-12;1-2;/h3-10H,1-2H3;1-2H3;1H4/b8-3-,11-4+;;. The molecule has 1 aromatic rings. The first-order valence-corrected chi connectivity index (χ1v) is 5.23. The Hall–Kier alpha value is -1.30. The molecule has 1 aromatic carbocycles. The number of hydrogen-bond donors (Lipinski definition) is 0. The monoisotopic (exact) mass is 204 g/mol. The lowest BCUT2D eigenvalue weighted by Gasteiger charge is -1.99. The van der Waals surface area contributed by atoms with Gasteiger partial charge in [0, 0.05) is 0 Å². The molecule has 0 aliphatic heterocycles. The summed E-state index contributed by atoms with van der Waals surface area (Å²) in [7, 11) is 0. The van der Waals surface area contributed by atoms with Crippen molar-refractivity contribution in [1.82, 2.24) is 0 Å². The van der Waals surface area contributed by atoms with Crippen LogP contribution >= 0.6 is 0 Å². The Kier molecular flexibility index (Phi) is 11.6. The lowest BCUT2D eigenvalue weighted by Crippen LogP contribution is -1.77. The van der Waals surface area contributed by atoms with Gasteiger partial charge in [0.2, 0.25) is 0 Å². The van der Waals surface area contributed by atoms with Crippen LogP contribution in [0.3, 0.4) is 0 Å². The van der Waals surface area contributed by atoms with Crippen LogP contribution in [-0.4, -0.2) is 0 Å². The van der Waals surface area contributed by atoms with Gasteiger partial charge in [0.25, 0.3) is 0 Å². The van der Waals surface area contributed by atoms with Gasteiger partial charge in [-0.05, 0) is 25.0 Å². The quantitative estimate of drug-likeness (QED) is 0.571. The molecule has 0 amide bonds. The van der Waals surface area contributed by atoms with Crippen LogP contribution in [-0.2, 0) is 0 Å². The van der Waals surface area contributed by atoms with E-state index in [-0.39, 0.29) is 7.43 Å². The van der Waals surface area contributed by atoms with Gasteiger partial charge in [-0.1, -0.05) is 69.8 Å². The molecular weight excluding hydrogens is 180 g/mol. The molecule has 0 nitrogen and oxygen atoms in total. The summed E-state index contributed by atoms with van der Waals surface area (Å²) in [6.45, 7) is 8.09. The molecule has 0 unspecified atom stereocenters. The van der Waals surface area contributed by atoms with Crippen LogP contribution in [0.5, 0.6) is 0 Å². The Bertz CT molecular complexity index is 278. The SMILES string of the molecule is C.C/C=C\C(=C/C)c1ccccc1.CC. The Labute approximate surface area is 95.3 Å². The van der Waals surface area contributed by atoms with Crippen molar-refractivity contribution in [3.63, 3.8) is 0 Å². The number of hydrogen-bond acceptors (Lipinski definition) is 0. The highest BCUT2D eigenvalue weighted by Crippen LogP contribution is 2.14. The normalized spacial score (nSPS) is 10.3. The van der Waals surface area contributed by atoms with Gasteiger partial charge in [-0.3, -0.25) is 0 Å². The average molecular weight is 204 g/mol. The third kappa shape index (κ3) is 5.90. The highest BCUT2D eigenvalue weighted by atomic mass is 14.0. The van der Waals surface area contributed by atoms with Crippen molar-refractivity contribution in [1.29, 1.82) is 0 Å². The predicted molar refractivity (Wildman–Crippen MR) is 73.0 cm³/mol. The van der Waals surface area contributed by atoms with Gasteiger partial charge in [0.1, 0.15) is 0 Å². The molecule has 0 heteroatoms. The van der Waals surface area contributed by atoms with Crippen LogP contribution in [0.2, 0.25) is 0 Å². The molecule has 0 aliphatic rings. The summed E-state index contributed by atoms with van der Waals surface area (Å²) in [5, 5.41) is 0. The van der Waals surface area contributed by atoms with Gasteiger partial charge in [-0.25, -0.2) is 0 Å². The maximum atomic E-state index is 2.12. The fraction of sp³-hybridized carbons (Fsp3) is 0.333. The van der Waals surface area contributed by atoms with Crippen molar-refractivity contribution in [3.05, 3.63) is 54.1 Å². The Morgan fingerprint density at radius 3 is 1.93 bits per heavy atom. The minimum absolute atomic E-state index is 0. The molecule has 15 heavy (non-hydrogen) atoms. The molecule has 0 bridgehead atoms. The summed E-state index contributed by atoms with van der Waals surface area (Å²) in [4.78, 5) is 0. The zero-order chi connectivity index (χ0) is 10.8. The third-order valence-corrected chi connectivity index (χ3v) is 1.76. The van der Waals surface area contributed by atoms with Gasteiger partial charge >= 0.3 is 0 Å². The number of benzene rings is 1. The lowest BCUT2D eigenvalue weighted by atomic mass is 10.1. The minimum Gasteiger partial charge on any atom is -0.0871 e. The molecule has 84 valence electrons. The van der Waals surface area contributed by atoms with E-state index < -0.39 is 0 Å². The van der Waals surface area contributed by atoms with E-state index in [1.807, 2.05) is 26.8 Å². The smallest absolute Gasteiger partial charge is 0.0187 e. The van der Waals surface area contributed by atoms with E-state index in [1.165, 1.54) is 11.1 Å². The maximum absolute atomic E-state index is 2.12. The molecular formula is C15H24. The van der Waals surface area contributed by atoms with Crippen molar-refractivity contribution in [2.24, 2.45) is 0 Å². The molecule has 0 saturated heterocycles. The Morgan fingerprint density at radius 2 is 1.53 bits per heavy atom. The van der Waals surface area contributed by atoms with E-state index in [2.05, 4.69) is 49.4 Å². The number of allylic oxidation sites excluding steroid dienone is 4. The molecule has 0 aliphatic carbocycles. The fourth-order valence-corrected chi connectivity index (χ4v) is 1.17. The summed E-state index contributed by atoms with van der Waals surface area (Å²) in [5.74, 6) is 0. The van der Waals surface area contributed by atoms with E-state index in [9.17, 15) is 0 Å². The van der Waals surface area contributed by atoms with Gasteiger partial charge in [0.15, 0.2) is 0 Å². The molecule has 1 rings (SSSR count). The maximum Gasteiger partial charge on any atom is -0.0187 e. The van der Waals surface area contributed by atoms with Crippen LogP contribution < -0.4 is 0 Å². The molecule has 0 spiro atoms. The zero-order valence-electron chi connectivity index (χ0n) is 9.62. The highest BCUT2D eigenvalue weighted by molar-refractivity contribution is 5.73. The highest BCUT2D eigenvalue weighted by Gasteiger charge is 1.92. The van der Waals surface area contributed by atoms with Crippen LogP contribution in [0.25, 0.3) is 5.57 Å². The minimum atomic E-state index is 0. The molecule has 0 N–H and O–H groups in total. The molecule has 0 saturated carbocycles. The third-order valence-electron chi connectivity index (χ3n) is 1.76. The van der Waals surface area contributed by atoms with Crippen molar-refractivity contribution in [3.8, 4) is 0 Å². The van der Waals surface area contributed by atoms with E-state index in [0.29, 0.717) is 0 Å². The topological polar surface area (TPSA) is 0 Å².